The van der Waals surface area contributed by atoms with Gasteiger partial charge in [0.15, 0.2) is 0 Å². The zero-order valence-corrected chi connectivity index (χ0v) is 25.9. The molecule has 2 aromatic rings. The van der Waals surface area contributed by atoms with Gasteiger partial charge in [-0.3, -0.25) is 15.1 Å². The first-order valence-corrected chi connectivity index (χ1v) is 16.7. The minimum absolute atomic E-state index is 0.0157. The number of nitrogens with zero attached hydrogens (tertiary/aromatic N) is 3. The average Bonchev–Trinajstić information content (AvgIpc) is 3.70. The van der Waals surface area contributed by atoms with E-state index in [-0.39, 0.29) is 17.4 Å². The fourth-order valence-electron chi connectivity index (χ4n) is 8.07. The van der Waals surface area contributed by atoms with Crippen molar-refractivity contribution in [3.63, 3.8) is 0 Å². The van der Waals surface area contributed by atoms with E-state index in [2.05, 4.69) is 40.0 Å². The highest BCUT2D eigenvalue weighted by atomic mass is 16.6. The Bertz CT molecular complexity index is 1360. The van der Waals surface area contributed by atoms with Gasteiger partial charge in [0.1, 0.15) is 5.75 Å². The van der Waals surface area contributed by atoms with Gasteiger partial charge in [0.2, 0.25) is 5.91 Å². The van der Waals surface area contributed by atoms with Gasteiger partial charge in [-0.2, -0.15) is 0 Å². The minimum Gasteiger partial charge on any atom is -0.410 e. The Morgan fingerprint density at radius 3 is 2.44 bits per heavy atom. The maximum Gasteiger partial charge on any atom is 0.419 e. The van der Waals surface area contributed by atoms with Crippen LogP contribution < -0.4 is 25.3 Å². The largest absolute Gasteiger partial charge is 0.419 e. The highest BCUT2D eigenvalue weighted by molar-refractivity contribution is 6.02. The third kappa shape index (κ3) is 5.88. The predicted molar refractivity (Wildman–Crippen MR) is 171 cm³/mol. The van der Waals surface area contributed by atoms with Crippen molar-refractivity contribution in [1.82, 2.24) is 10.4 Å². The first kappa shape index (κ1) is 28.7. The summed E-state index contributed by atoms with van der Waals surface area (Å²) >= 11 is 0. The summed E-state index contributed by atoms with van der Waals surface area (Å²) in [6.07, 6.45) is 13.7. The van der Waals surface area contributed by atoms with Gasteiger partial charge in [-0.15, -0.1) is 0 Å². The van der Waals surface area contributed by atoms with E-state index in [0.717, 1.165) is 43.1 Å². The number of carbonyl (C=O) groups is 2. The lowest BCUT2D eigenvalue weighted by molar-refractivity contribution is -0.117. The van der Waals surface area contributed by atoms with E-state index in [9.17, 15) is 9.59 Å². The van der Waals surface area contributed by atoms with Crippen LogP contribution in [0.3, 0.4) is 0 Å². The lowest BCUT2D eigenvalue weighted by atomic mass is 9.72. The fourth-order valence-corrected chi connectivity index (χ4v) is 8.07. The molecule has 2 saturated carbocycles. The van der Waals surface area contributed by atoms with Gasteiger partial charge in [-0.25, -0.2) is 9.80 Å². The van der Waals surface area contributed by atoms with E-state index in [0.29, 0.717) is 24.3 Å². The molecular weight excluding hydrogens is 538 g/mol. The zero-order chi connectivity index (χ0) is 29.6. The van der Waals surface area contributed by atoms with Gasteiger partial charge in [-0.05, 0) is 85.9 Å². The maximum atomic E-state index is 13.9. The van der Waals surface area contributed by atoms with Crippen molar-refractivity contribution in [2.75, 3.05) is 41.3 Å². The van der Waals surface area contributed by atoms with E-state index < -0.39 is 6.09 Å². The van der Waals surface area contributed by atoms with Crippen molar-refractivity contribution in [1.29, 1.82) is 0 Å². The predicted octanol–water partition coefficient (Wildman–Crippen LogP) is 6.60. The fraction of sp³-hybridized carbons (Fsp3) is 0.600. The SMILES string of the molecule is CC(=O)N1c2ccc(C3CNN(C4CC4)C3)cc2N(C(=O)Oc2ccc3c(c2)CC2(CCCCCCCC2)CN3)C[C@@H]1C. The van der Waals surface area contributed by atoms with Gasteiger partial charge in [-0.1, -0.05) is 44.6 Å². The van der Waals surface area contributed by atoms with Crippen molar-refractivity contribution in [3.8, 4) is 5.75 Å². The summed E-state index contributed by atoms with van der Waals surface area (Å²) in [5, 5.41) is 6.09. The lowest BCUT2D eigenvalue weighted by Gasteiger charge is -2.40. The van der Waals surface area contributed by atoms with Gasteiger partial charge >= 0.3 is 6.09 Å². The van der Waals surface area contributed by atoms with Crippen LogP contribution in [0.4, 0.5) is 21.9 Å². The Hall–Kier alpha value is -3.10. The molecule has 43 heavy (non-hydrogen) atoms. The first-order valence-electron chi connectivity index (χ1n) is 16.7. The molecule has 8 heteroatoms. The molecule has 2 N–H and O–H groups in total. The third-order valence-corrected chi connectivity index (χ3v) is 10.6. The molecule has 5 aliphatic rings. The summed E-state index contributed by atoms with van der Waals surface area (Å²) in [7, 11) is 0. The number of benzene rings is 2. The minimum atomic E-state index is -0.390. The van der Waals surface area contributed by atoms with Crippen LogP contribution in [0.1, 0.15) is 95.1 Å². The van der Waals surface area contributed by atoms with E-state index in [4.69, 9.17) is 4.74 Å². The second-order valence-electron chi connectivity index (χ2n) is 13.9. The maximum absolute atomic E-state index is 13.9. The molecule has 1 spiro atoms. The molecule has 3 fully saturated rings. The Balaban J connectivity index is 1.12. The standard InChI is InChI=1S/C35H47N5O3/c1-24-21-38(33-18-26(9-14-32(33)40(24)25(2)41)28-20-37-39(22-28)29-10-11-29)34(42)43-30-12-13-31-27(17-30)19-35(23-36-31)15-7-5-3-4-6-8-16-35/h9,12-14,17-18,24,28-29,36-37H,3-8,10-11,15-16,19-23H2,1-2H3/t24-,28?/m0/s1. The number of amides is 2. The molecule has 8 nitrogen and oxygen atoms in total. The van der Waals surface area contributed by atoms with Crippen LogP contribution in [-0.2, 0) is 11.2 Å². The second kappa shape index (κ2) is 11.8. The van der Waals surface area contributed by atoms with Crippen LogP contribution in [0.25, 0.3) is 0 Å². The van der Waals surface area contributed by atoms with Crippen LogP contribution in [-0.4, -0.2) is 55.3 Å². The summed E-state index contributed by atoms with van der Waals surface area (Å²) in [5.74, 6) is 0.912. The zero-order valence-electron chi connectivity index (χ0n) is 25.9. The van der Waals surface area contributed by atoms with Crippen molar-refractivity contribution in [2.24, 2.45) is 5.41 Å². The molecule has 2 aliphatic carbocycles. The molecule has 0 aromatic heterocycles. The van der Waals surface area contributed by atoms with E-state index in [1.54, 1.807) is 11.8 Å². The molecule has 3 heterocycles. The summed E-state index contributed by atoms with van der Waals surface area (Å²) in [6.45, 7) is 6.87. The molecule has 0 radical (unpaired) electrons. The molecule has 2 atom stereocenters. The van der Waals surface area contributed by atoms with Crippen LogP contribution >= 0.6 is 0 Å². The molecule has 230 valence electrons. The number of anilines is 3. The second-order valence-corrected chi connectivity index (χ2v) is 13.9. The summed E-state index contributed by atoms with van der Waals surface area (Å²) in [4.78, 5) is 30.1. The monoisotopic (exact) mass is 585 g/mol. The highest BCUT2D eigenvalue weighted by Crippen LogP contribution is 2.43. The molecule has 0 bridgehead atoms. The summed E-state index contributed by atoms with van der Waals surface area (Å²) in [6, 6.07) is 12.8. The number of nitrogens with one attached hydrogen (secondary N) is 2. The van der Waals surface area contributed by atoms with E-state index in [1.165, 1.54) is 75.3 Å². The smallest absolute Gasteiger partial charge is 0.410 e. The topological polar surface area (TPSA) is 77.2 Å². The summed E-state index contributed by atoms with van der Waals surface area (Å²) < 4.78 is 6.12. The Kier molecular flexibility index (Phi) is 7.84. The molecule has 3 aliphatic heterocycles. The molecule has 2 amide bonds. The molecule has 1 unspecified atom stereocenters. The van der Waals surface area contributed by atoms with Crippen LogP contribution in [0, 0.1) is 5.41 Å². The average molecular weight is 586 g/mol. The summed E-state index contributed by atoms with van der Waals surface area (Å²) in [5.41, 5.74) is 8.98. The number of hydrogen-bond donors (Lipinski definition) is 2. The van der Waals surface area contributed by atoms with Crippen molar-refractivity contribution in [2.45, 2.75) is 102 Å². The van der Waals surface area contributed by atoms with Gasteiger partial charge in [0.25, 0.3) is 0 Å². The normalized spacial score (nSPS) is 25.6. The number of ether oxygens (including phenoxy) is 1. The quantitative estimate of drug-likeness (QED) is 0.423. The third-order valence-electron chi connectivity index (χ3n) is 10.6. The van der Waals surface area contributed by atoms with E-state index in [1.807, 2.05) is 24.0 Å². The van der Waals surface area contributed by atoms with Crippen LogP contribution in [0.5, 0.6) is 5.75 Å². The van der Waals surface area contributed by atoms with Crippen molar-refractivity contribution in [3.05, 3.63) is 47.5 Å². The molecule has 1 saturated heterocycles. The molecule has 7 rings (SSSR count). The number of rotatable bonds is 3. The number of fused-ring (bicyclic) bond motifs is 2. The highest BCUT2D eigenvalue weighted by Gasteiger charge is 2.38. The van der Waals surface area contributed by atoms with Crippen LogP contribution in [0.2, 0.25) is 0 Å². The molecule has 2 aromatic carbocycles. The number of hydrazine groups is 1. The Morgan fingerprint density at radius 1 is 0.930 bits per heavy atom. The molecular formula is C35H47N5O3. The van der Waals surface area contributed by atoms with Crippen molar-refractivity contribution < 1.29 is 14.3 Å². The first-order chi connectivity index (χ1) is 20.9. The number of hydrogen-bond acceptors (Lipinski definition) is 6. The van der Waals surface area contributed by atoms with Gasteiger partial charge in [0, 0.05) is 50.7 Å². The Morgan fingerprint density at radius 2 is 1.70 bits per heavy atom. The lowest BCUT2D eigenvalue weighted by Crippen LogP contribution is -2.52. The number of carbonyl (C=O) groups excluding carboxylic acids is 2. The van der Waals surface area contributed by atoms with Gasteiger partial charge in [0.05, 0.1) is 17.4 Å². The van der Waals surface area contributed by atoms with E-state index >= 15 is 0 Å². The Labute approximate surface area is 256 Å². The van der Waals surface area contributed by atoms with Gasteiger partial charge < -0.3 is 15.0 Å². The van der Waals surface area contributed by atoms with Crippen LogP contribution in [0.15, 0.2) is 36.4 Å². The van der Waals surface area contributed by atoms with Crippen molar-refractivity contribution >= 4 is 29.1 Å².